The monoisotopic (exact) mass is 289 g/mol. The van der Waals surface area contributed by atoms with Crippen LogP contribution in [0.25, 0.3) is 10.6 Å². The van der Waals surface area contributed by atoms with Crippen molar-refractivity contribution in [2.45, 2.75) is 47.1 Å². The Hall–Kier alpha value is -1.26. The fourth-order valence-corrected chi connectivity index (χ4v) is 3.52. The van der Waals surface area contributed by atoms with Crippen LogP contribution in [-0.2, 0) is 0 Å². The molecule has 2 aromatic rings. The lowest BCUT2D eigenvalue weighted by molar-refractivity contribution is 0.564. The normalized spacial score (nSPS) is 12.7. The highest BCUT2D eigenvalue weighted by molar-refractivity contribution is 7.14. The molecule has 0 aliphatic heterocycles. The van der Waals surface area contributed by atoms with E-state index in [4.69, 9.17) is 0 Å². The molecule has 0 radical (unpaired) electrons. The molecule has 1 heterocycles. The third kappa shape index (κ3) is 3.25. The van der Waals surface area contributed by atoms with E-state index < -0.39 is 0 Å². The van der Waals surface area contributed by atoms with Gasteiger partial charge < -0.3 is 5.32 Å². The van der Waals surface area contributed by atoms with Gasteiger partial charge in [0.25, 0.3) is 0 Å². The molecule has 0 amide bonds. The van der Waals surface area contributed by atoms with E-state index in [1.807, 2.05) is 0 Å². The number of rotatable bonds is 5. The third-order valence-electron chi connectivity index (χ3n) is 3.40. The maximum absolute atomic E-state index is 4.40. The molecule has 4 heteroatoms. The zero-order valence-electron chi connectivity index (χ0n) is 12.9. The van der Waals surface area contributed by atoms with Crippen LogP contribution < -0.4 is 5.32 Å². The lowest BCUT2D eigenvalue weighted by Crippen LogP contribution is -2.18. The Labute approximate surface area is 125 Å². The summed E-state index contributed by atoms with van der Waals surface area (Å²) in [5.74, 6) is 0. The maximum atomic E-state index is 4.40. The Balaban J connectivity index is 2.29. The second-order valence-electron chi connectivity index (χ2n) is 5.39. The summed E-state index contributed by atoms with van der Waals surface area (Å²) in [6.45, 7) is 11.8. The molecule has 2 rings (SSSR count). The largest absolute Gasteiger partial charge is 0.308 e. The molecule has 108 valence electrons. The number of aryl methyl sites for hydroxylation is 3. The van der Waals surface area contributed by atoms with E-state index in [0.29, 0.717) is 0 Å². The molecule has 0 spiro atoms. The van der Waals surface area contributed by atoms with Crippen molar-refractivity contribution >= 4 is 11.3 Å². The average Bonchev–Trinajstić information content (AvgIpc) is 2.84. The fourth-order valence-electron chi connectivity index (χ4n) is 2.48. The van der Waals surface area contributed by atoms with Crippen LogP contribution in [0.5, 0.6) is 0 Å². The molecule has 0 saturated heterocycles. The van der Waals surface area contributed by atoms with E-state index in [0.717, 1.165) is 23.0 Å². The summed E-state index contributed by atoms with van der Waals surface area (Å²) in [5, 5.41) is 14.3. The number of hydrogen-bond acceptors (Lipinski definition) is 4. The molecular weight excluding hydrogens is 266 g/mol. The summed E-state index contributed by atoms with van der Waals surface area (Å²) in [6.07, 6.45) is 1.13. The molecule has 1 aromatic carbocycles. The minimum Gasteiger partial charge on any atom is -0.308 e. The molecular formula is C16H23N3S. The first-order valence-corrected chi connectivity index (χ1v) is 7.99. The van der Waals surface area contributed by atoms with Crippen molar-refractivity contribution in [2.75, 3.05) is 6.54 Å². The van der Waals surface area contributed by atoms with E-state index in [9.17, 15) is 0 Å². The average molecular weight is 289 g/mol. The number of hydrogen-bond donors (Lipinski definition) is 1. The molecule has 3 nitrogen and oxygen atoms in total. The standard InChI is InChI=1S/C16H23N3S/c1-6-7-17-13(5)15-18-19-16(20-15)14-11(3)8-10(2)9-12(14)4/h8-9,13,17H,6-7H2,1-5H3. The van der Waals surface area contributed by atoms with E-state index in [2.05, 4.69) is 62.3 Å². The predicted octanol–water partition coefficient (Wildman–Crippen LogP) is 4.19. The van der Waals surface area contributed by atoms with Gasteiger partial charge in [0.05, 0.1) is 6.04 Å². The van der Waals surface area contributed by atoms with Gasteiger partial charge in [0.2, 0.25) is 0 Å². The lowest BCUT2D eigenvalue weighted by atomic mass is 10.0. The van der Waals surface area contributed by atoms with Gasteiger partial charge in [-0.1, -0.05) is 36.0 Å². The number of benzene rings is 1. The van der Waals surface area contributed by atoms with Gasteiger partial charge in [-0.3, -0.25) is 0 Å². The Bertz CT molecular complexity index is 566. The molecule has 20 heavy (non-hydrogen) atoms. The van der Waals surface area contributed by atoms with E-state index in [-0.39, 0.29) is 6.04 Å². The van der Waals surface area contributed by atoms with Crippen LogP contribution >= 0.6 is 11.3 Å². The van der Waals surface area contributed by atoms with Crippen molar-refractivity contribution in [2.24, 2.45) is 0 Å². The molecule has 1 atom stereocenters. The van der Waals surface area contributed by atoms with Crippen molar-refractivity contribution in [3.05, 3.63) is 33.8 Å². The highest BCUT2D eigenvalue weighted by Crippen LogP contribution is 2.32. The number of nitrogens with zero attached hydrogens (tertiary/aromatic N) is 2. The van der Waals surface area contributed by atoms with Crippen molar-refractivity contribution in [1.29, 1.82) is 0 Å². The predicted molar refractivity (Wildman–Crippen MR) is 86.3 cm³/mol. The van der Waals surface area contributed by atoms with Gasteiger partial charge in [-0.25, -0.2) is 0 Å². The zero-order chi connectivity index (χ0) is 14.7. The van der Waals surface area contributed by atoms with Gasteiger partial charge in [0.1, 0.15) is 10.0 Å². The van der Waals surface area contributed by atoms with Crippen LogP contribution in [0.4, 0.5) is 0 Å². The van der Waals surface area contributed by atoms with Crippen molar-refractivity contribution < 1.29 is 0 Å². The van der Waals surface area contributed by atoms with Gasteiger partial charge in [-0.2, -0.15) is 0 Å². The quantitative estimate of drug-likeness (QED) is 0.897. The molecule has 1 N–H and O–H groups in total. The SMILES string of the molecule is CCCNC(C)c1nnc(-c2c(C)cc(C)cc2C)s1. The van der Waals surface area contributed by atoms with E-state index >= 15 is 0 Å². The van der Waals surface area contributed by atoms with Crippen LogP contribution in [0.1, 0.15) is 48.0 Å². The zero-order valence-corrected chi connectivity index (χ0v) is 13.8. The summed E-state index contributed by atoms with van der Waals surface area (Å²) in [6, 6.07) is 4.69. The molecule has 0 saturated carbocycles. The summed E-state index contributed by atoms with van der Waals surface area (Å²) < 4.78 is 0. The molecule has 0 aliphatic carbocycles. The van der Waals surface area contributed by atoms with Crippen LogP contribution in [0, 0.1) is 20.8 Å². The minimum absolute atomic E-state index is 0.271. The summed E-state index contributed by atoms with van der Waals surface area (Å²) >= 11 is 1.69. The van der Waals surface area contributed by atoms with Crippen molar-refractivity contribution in [3.63, 3.8) is 0 Å². The fraction of sp³-hybridized carbons (Fsp3) is 0.500. The first-order chi connectivity index (χ1) is 9.52. The van der Waals surface area contributed by atoms with Crippen molar-refractivity contribution in [1.82, 2.24) is 15.5 Å². The van der Waals surface area contributed by atoms with Crippen LogP contribution in [0.15, 0.2) is 12.1 Å². The van der Waals surface area contributed by atoms with Crippen LogP contribution in [-0.4, -0.2) is 16.7 Å². The Kier molecular flexibility index (Phi) is 4.89. The maximum Gasteiger partial charge on any atom is 0.148 e. The van der Waals surface area contributed by atoms with E-state index in [1.54, 1.807) is 11.3 Å². The number of nitrogens with one attached hydrogen (secondary N) is 1. The molecule has 0 bridgehead atoms. The highest BCUT2D eigenvalue weighted by atomic mass is 32.1. The summed E-state index contributed by atoms with van der Waals surface area (Å²) in [7, 11) is 0. The van der Waals surface area contributed by atoms with E-state index in [1.165, 1.54) is 22.3 Å². The minimum atomic E-state index is 0.271. The summed E-state index contributed by atoms with van der Waals surface area (Å²) in [4.78, 5) is 0. The second-order valence-corrected chi connectivity index (χ2v) is 6.40. The second kappa shape index (κ2) is 6.46. The molecule has 1 aromatic heterocycles. The molecule has 1 unspecified atom stereocenters. The molecule has 0 aliphatic rings. The van der Waals surface area contributed by atoms with Crippen LogP contribution in [0.3, 0.4) is 0 Å². The summed E-state index contributed by atoms with van der Waals surface area (Å²) in [5.41, 5.74) is 5.09. The third-order valence-corrected chi connectivity index (χ3v) is 4.53. The van der Waals surface area contributed by atoms with Gasteiger partial charge in [0.15, 0.2) is 0 Å². The number of aromatic nitrogens is 2. The van der Waals surface area contributed by atoms with Crippen molar-refractivity contribution in [3.8, 4) is 10.6 Å². The highest BCUT2D eigenvalue weighted by Gasteiger charge is 2.15. The Morgan fingerprint density at radius 2 is 1.80 bits per heavy atom. The van der Waals surface area contributed by atoms with Gasteiger partial charge in [-0.15, -0.1) is 10.2 Å². The first-order valence-electron chi connectivity index (χ1n) is 7.18. The first kappa shape index (κ1) is 15.1. The Morgan fingerprint density at radius 3 is 2.40 bits per heavy atom. The van der Waals surface area contributed by atoms with Crippen LogP contribution in [0.2, 0.25) is 0 Å². The molecule has 0 fully saturated rings. The van der Waals surface area contributed by atoms with Gasteiger partial charge in [0, 0.05) is 5.56 Å². The Morgan fingerprint density at radius 1 is 1.15 bits per heavy atom. The lowest BCUT2D eigenvalue weighted by Gasteiger charge is -2.09. The smallest absolute Gasteiger partial charge is 0.148 e. The topological polar surface area (TPSA) is 37.8 Å². The van der Waals surface area contributed by atoms with Gasteiger partial charge >= 0.3 is 0 Å². The van der Waals surface area contributed by atoms with Gasteiger partial charge in [-0.05, 0) is 51.8 Å².